The molecule has 0 heterocycles. The minimum Gasteiger partial charge on any atom is -1.00 e. The number of carbonyl (C=O) groups is 1. The molecule has 0 atom stereocenters. The molecule has 0 aliphatic heterocycles. The Morgan fingerprint density at radius 3 is 2.40 bits per heavy atom. The van der Waals surface area contributed by atoms with Crippen molar-refractivity contribution < 1.29 is 53.0 Å². The van der Waals surface area contributed by atoms with Crippen LogP contribution in [0.1, 0.15) is 23.2 Å². The van der Waals surface area contributed by atoms with Gasteiger partial charge in [-0.25, -0.2) is 4.79 Å². The molecule has 1 radical (unpaired) electrons. The Hall–Kier alpha value is 0.0434. The maximum atomic E-state index is 11.3. The Balaban J connectivity index is 0. The van der Waals surface area contributed by atoms with E-state index in [-0.39, 0.29) is 49.4 Å². The average Bonchev–Trinajstić information content (AvgIpc) is 2.19. The molecule has 2 nitrogen and oxygen atoms in total. The molecule has 15 heavy (non-hydrogen) atoms. The third-order valence-corrected chi connectivity index (χ3v) is 1.64. The van der Waals surface area contributed by atoms with Gasteiger partial charge in [0, 0.05) is 19.5 Å². The Labute approximate surface area is 121 Å². The van der Waals surface area contributed by atoms with E-state index in [0.717, 1.165) is 12.8 Å². The van der Waals surface area contributed by atoms with Crippen molar-refractivity contribution in [3.8, 4) is 0 Å². The van der Waals surface area contributed by atoms with Crippen molar-refractivity contribution in [1.29, 1.82) is 0 Å². The molecule has 0 aliphatic rings. The molecule has 0 saturated carbocycles. The number of ether oxygens (including phenoxy) is 1. The molecule has 0 bridgehead atoms. The monoisotopic (exact) mass is 368 g/mol. The number of benzene rings is 1. The Kier molecular flexibility index (Phi) is 12.3. The van der Waals surface area contributed by atoms with Crippen LogP contribution in [0.2, 0.25) is 0 Å². The van der Waals surface area contributed by atoms with Crippen LogP contribution < -0.4 is 24.0 Å². The normalized spacial score (nSPS) is 8.33. The number of unbranched alkanes of at least 4 members (excludes halogenated alkanes) is 1. The summed E-state index contributed by atoms with van der Waals surface area (Å²) in [4.78, 5) is 11.3. The van der Waals surface area contributed by atoms with Crippen molar-refractivity contribution in [2.24, 2.45) is 0 Å². The van der Waals surface area contributed by atoms with Crippen LogP contribution in [0.15, 0.2) is 30.3 Å². The summed E-state index contributed by atoms with van der Waals surface area (Å²) in [6.07, 6.45) is 1.61. The van der Waals surface area contributed by atoms with Crippen LogP contribution in [0.5, 0.6) is 0 Å². The predicted octanol–water partition coefficient (Wildman–Crippen LogP) is -0.541. The van der Waals surface area contributed by atoms with Crippen LogP contribution >= 0.6 is 0 Å². The number of halogens is 1. The number of hydrogen-bond acceptors (Lipinski definition) is 2. The van der Waals surface area contributed by atoms with Gasteiger partial charge in [-0.2, -0.15) is 0 Å². The average molecular weight is 370 g/mol. The first-order chi connectivity index (χ1) is 6.34. The third-order valence-electron chi connectivity index (χ3n) is 1.64. The molecular formula is C11H13IO2Zn-. The summed E-state index contributed by atoms with van der Waals surface area (Å²) in [5, 5.41) is 0. The van der Waals surface area contributed by atoms with Crippen molar-refractivity contribution in [2.75, 3.05) is 6.61 Å². The maximum absolute atomic E-state index is 11.3. The second-order valence-electron chi connectivity index (χ2n) is 2.71. The number of rotatable bonds is 4. The van der Waals surface area contributed by atoms with Gasteiger partial charge in [-0.05, 0) is 18.6 Å². The molecule has 79 valence electrons. The van der Waals surface area contributed by atoms with Gasteiger partial charge in [0.1, 0.15) is 0 Å². The fraction of sp³-hybridized carbons (Fsp3) is 0.273. The van der Waals surface area contributed by atoms with Gasteiger partial charge in [-0.15, -0.1) is 0 Å². The third kappa shape index (κ3) is 7.01. The molecule has 1 rings (SSSR count). The van der Waals surface area contributed by atoms with Crippen molar-refractivity contribution in [2.45, 2.75) is 12.8 Å². The predicted molar refractivity (Wildman–Crippen MR) is 51.3 cm³/mol. The molecule has 0 saturated heterocycles. The SMILES string of the molecule is [CH2]CCCOC(=O)c1ccccc1.[I-].[Zn]. The van der Waals surface area contributed by atoms with Gasteiger partial charge in [0.2, 0.25) is 0 Å². The van der Waals surface area contributed by atoms with Gasteiger partial charge in [0.05, 0.1) is 12.2 Å². The molecule has 0 aliphatic carbocycles. The van der Waals surface area contributed by atoms with Crippen LogP contribution in [0.3, 0.4) is 0 Å². The molecule has 0 aromatic heterocycles. The number of carbonyl (C=O) groups excluding carboxylic acids is 1. The van der Waals surface area contributed by atoms with Gasteiger partial charge >= 0.3 is 5.97 Å². The molecular weight excluding hydrogens is 356 g/mol. The quantitative estimate of drug-likeness (QED) is 0.308. The van der Waals surface area contributed by atoms with E-state index in [1.165, 1.54) is 0 Å². The maximum Gasteiger partial charge on any atom is 0.338 e. The number of hydrogen-bond donors (Lipinski definition) is 0. The fourth-order valence-corrected chi connectivity index (χ4v) is 0.924. The van der Waals surface area contributed by atoms with Gasteiger partial charge in [0.25, 0.3) is 0 Å². The summed E-state index contributed by atoms with van der Waals surface area (Å²) in [6, 6.07) is 8.99. The Bertz CT molecular complexity index is 265. The van der Waals surface area contributed by atoms with Crippen molar-refractivity contribution >= 4 is 5.97 Å². The molecule has 4 heteroatoms. The van der Waals surface area contributed by atoms with Crippen LogP contribution in [0.4, 0.5) is 0 Å². The van der Waals surface area contributed by atoms with Crippen molar-refractivity contribution in [3.63, 3.8) is 0 Å². The fourth-order valence-electron chi connectivity index (χ4n) is 0.924. The summed E-state index contributed by atoms with van der Waals surface area (Å²) in [6.45, 7) is 4.12. The second-order valence-corrected chi connectivity index (χ2v) is 2.71. The topological polar surface area (TPSA) is 26.3 Å². The summed E-state index contributed by atoms with van der Waals surface area (Å²) in [7, 11) is 0. The summed E-state index contributed by atoms with van der Waals surface area (Å²) in [5.74, 6) is -0.256. The smallest absolute Gasteiger partial charge is 0.338 e. The molecule has 1 aromatic carbocycles. The van der Waals surface area contributed by atoms with E-state index in [4.69, 9.17) is 4.74 Å². The standard InChI is InChI=1S/C11H13O2.HI.Zn/c1-2-3-9-13-11(12)10-7-5-4-6-8-10;;/h4-8H,1-3,9H2;1H;/p-1. The molecule has 0 amide bonds. The first kappa shape index (κ1) is 17.4. The van der Waals surface area contributed by atoms with Crippen molar-refractivity contribution in [1.82, 2.24) is 0 Å². The van der Waals surface area contributed by atoms with Crippen molar-refractivity contribution in [3.05, 3.63) is 42.8 Å². The van der Waals surface area contributed by atoms with Gasteiger partial charge < -0.3 is 28.7 Å². The largest absolute Gasteiger partial charge is 1.00 e. The minimum absolute atomic E-state index is 0. The van der Waals surface area contributed by atoms with E-state index in [1.54, 1.807) is 12.1 Å². The zero-order valence-corrected chi connectivity index (χ0v) is 13.7. The molecule has 0 spiro atoms. The summed E-state index contributed by atoms with van der Waals surface area (Å²) in [5.41, 5.74) is 0.603. The van der Waals surface area contributed by atoms with E-state index in [0.29, 0.717) is 12.2 Å². The summed E-state index contributed by atoms with van der Waals surface area (Å²) >= 11 is 0. The first-order valence-corrected chi connectivity index (χ1v) is 4.36. The molecule has 0 fully saturated rings. The van der Waals surface area contributed by atoms with Crippen LogP contribution in [-0.2, 0) is 24.2 Å². The zero-order chi connectivity index (χ0) is 9.52. The second kappa shape index (κ2) is 10.6. The molecule has 0 unspecified atom stereocenters. The van der Waals surface area contributed by atoms with E-state index in [9.17, 15) is 4.79 Å². The van der Waals surface area contributed by atoms with E-state index < -0.39 is 0 Å². The molecule has 0 N–H and O–H groups in total. The van der Waals surface area contributed by atoms with Gasteiger partial charge in [-0.1, -0.05) is 31.5 Å². The van der Waals surface area contributed by atoms with Gasteiger partial charge in [-0.3, -0.25) is 0 Å². The van der Waals surface area contributed by atoms with E-state index >= 15 is 0 Å². The molecule has 1 aromatic rings. The first-order valence-electron chi connectivity index (χ1n) is 4.36. The van der Waals surface area contributed by atoms with E-state index in [1.807, 2.05) is 18.2 Å². The van der Waals surface area contributed by atoms with Crippen LogP contribution in [-0.4, -0.2) is 12.6 Å². The number of esters is 1. The minimum atomic E-state index is -0.256. The summed E-state index contributed by atoms with van der Waals surface area (Å²) < 4.78 is 4.99. The van der Waals surface area contributed by atoms with Crippen LogP contribution in [0, 0.1) is 6.92 Å². The van der Waals surface area contributed by atoms with Gasteiger partial charge in [0.15, 0.2) is 0 Å². The zero-order valence-electron chi connectivity index (χ0n) is 8.62. The Morgan fingerprint density at radius 1 is 1.27 bits per heavy atom. The van der Waals surface area contributed by atoms with E-state index in [2.05, 4.69) is 6.92 Å². The van der Waals surface area contributed by atoms with Crippen LogP contribution in [0.25, 0.3) is 0 Å². The Morgan fingerprint density at radius 2 is 1.87 bits per heavy atom.